The van der Waals surface area contributed by atoms with Gasteiger partial charge in [0.1, 0.15) is 34.5 Å². The highest BCUT2D eigenvalue weighted by molar-refractivity contribution is 6.67. The summed E-state index contributed by atoms with van der Waals surface area (Å²) in [6.07, 6.45) is 4.51. The molecule has 5 aliphatic heterocycles. The summed E-state index contributed by atoms with van der Waals surface area (Å²) in [6.45, 7) is 21.2. The molecule has 0 radical (unpaired) electrons. The molecule has 8 aromatic heterocycles. The van der Waals surface area contributed by atoms with Crippen LogP contribution in [0.25, 0.3) is 32.7 Å². The second kappa shape index (κ2) is 30.5. The van der Waals surface area contributed by atoms with Gasteiger partial charge < -0.3 is 65.7 Å². The summed E-state index contributed by atoms with van der Waals surface area (Å²) >= 11 is 5.41. The lowest BCUT2D eigenvalue weighted by Gasteiger charge is -2.39. The molecule has 0 aromatic carbocycles. The van der Waals surface area contributed by atoms with Crippen molar-refractivity contribution in [3.05, 3.63) is 123 Å². The summed E-state index contributed by atoms with van der Waals surface area (Å²) in [7, 11) is 3.11. The zero-order valence-corrected chi connectivity index (χ0v) is 53.0. The van der Waals surface area contributed by atoms with Crippen LogP contribution in [0.3, 0.4) is 0 Å². The van der Waals surface area contributed by atoms with E-state index >= 15 is 0 Å². The number of pyridine rings is 6. The van der Waals surface area contributed by atoms with Crippen LogP contribution >= 0.6 is 24.0 Å². The minimum absolute atomic E-state index is 0. The van der Waals surface area contributed by atoms with E-state index < -0.39 is 11.2 Å². The monoisotopic (exact) mass is 1280 g/mol. The highest BCUT2D eigenvalue weighted by Gasteiger charge is 2.36. The third-order valence-electron chi connectivity index (χ3n) is 15.4. The Hall–Kier alpha value is -8.25. The Balaban J connectivity index is 0.000000154. The van der Waals surface area contributed by atoms with E-state index in [9.17, 15) is 14.4 Å². The normalized spacial score (nSPS) is 17.9. The summed E-state index contributed by atoms with van der Waals surface area (Å²) in [5.41, 5.74) is 27.1. The molecular weight excluding hydrogens is 1200 g/mol. The lowest BCUT2D eigenvalue weighted by molar-refractivity contribution is -0.0332. The first-order valence-corrected chi connectivity index (χ1v) is 29.3. The van der Waals surface area contributed by atoms with Crippen molar-refractivity contribution in [3.8, 4) is 11.8 Å². The minimum atomic E-state index is -1.06. The number of carbonyl (C=O) groups is 3. The molecule has 13 rings (SSSR count). The molecule has 90 heavy (non-hydrogen) atoms. The molecule has 0 unspecified atom stereocenters. The number of anilines is 3. The Morgan fingerprint density at radius 2 is 1.06 bits per heavy atom. The Kier molecular flexibility index (Phi) is 22.9. The second-order valence-corrected chi connectivity index (χ2v) is 22.3. The summed E-state index contributed by atoms with van der Waals surface area (Å²) in [5.74, 6) is 1.00. The number of nitrogen functional groups attached to an aromatic ring is 3. The van der Waals surface area contributed by atoms with Crippen LogP contribution in [-0.4, -0.2) is 154 Å². The van der Waals surface area contributed by atoms with Gasteiger partial charge >= 0.3 is 5.97 Å². The first kappa shape index (κ1) is 67.7. The van der Waals surface area contributed by atoms with Crippen molar-refractivity contribution in [3.63, 3.8) is 0 Å². The van der Waals surface area contributed by atoms with Crippen LogP contribution in [0.15, 0.2) is 61.1 Å². The van der Waals surface area contributed by atoms with E-state index in [0.717, 1.165) is 68.4 Å². The van der Waals surface area contributed by atoms with Crippen LogP contribution < -0.4 is 32.0 Å². The number of aromatic nitrogens is 10. The number of morpholine rings is 2. The van der Waals surface area contributed by atoms with Gasteiger partial charge in [0.25, 0.3) is 11.1 Å². The third kappa shape index (κ3) is 15.5. The second-order valence-electron chi connectivity index (χ2n) is 22.0. The lowest BCUT2D eigenvalue weighted by atomic mass is 10.0. The Morgan fingerprint density at radius 1 is 0.622 bits per heavy atom. The molecule has 2 fully saturated rings. The fourth-order valence-electron chi connectivity index (χ4n) is 11.0. The number of carboxylic acids is 1. The molecule has 5 aliphatic rings. The van der Waals surface area contributed by atoms with Crippen molar-refractivity contribution in [2.45, 2.75) is 124 Å². The van der Waals surface area contributed by atoms with E-state index in [1.807, 2.05) is 19.1 Å². The number of hydrogen-bond donors (Lipinski definition) is 5. The Bertz CT molecular complexity index is 3730. The van der Waals surface area contributed by atoms with E-state index in [-0.39, 0.29) is 47.8 Å². The number of carbonyl (C=O) groups excluding carboxylic acids is 2. The average Bonchev–Trinajstić information content (AvgIpc) is 1.43. The lowest BCUT2D eigenvalue weighted by Crippen LogP contribution is -2.49. The Labute approximate surface area is 530 Å². The number of nitrogens with one attached hydrogen (secondary N) is 1. The zero-order chi connectivity index (χ0) is 63.6. The first-order chi connectivity index (χ1) is 42.8. The van der Waals surface area contributed by atoms with E-state index in [1.54, 1.807) is 42.5 Å². The van der Waals surface area contributed by atoms with E-state index in [1.165, 1.54) is 25.6 Å². The number of fused-ring (bicyclic) bond motifs is 9. The van der Waals surface area contributed by atoms with Crippen LogP contribution in [0, 0.1) is 0 Å². The molecule has 8 N–H and O–H groups in total. The molecular formula is C61H74Cl2N16O11. The molecule has 1 amide bonds. The van der Waals surface area contributed by atoms with E-state index in [2.05, 4.69) is 102 Å². The van der Waals surface area contributed by atoms with Gasteiger partial charge in [0.05, 0.1) is 145 Å². The molecule has 8 aromatic rings. The quantitative estimate of drug-likeness (QED) is 0.0839. The van der Waals surface area contributed by atoms with Crippen molar-refractivity contribution < 1.29 is 52.6 Å². The van der Waals surface area contributed by atoms with Gasteiger partial charge in [0, 0.05) is 63.1 Å². The third-order valence-corrected chi connectivity index (χ3v) is 15.6. The van der Waals surface area contributed by atoms with Crippen molar-refractivity contribution in [1.29, 1.82) is 0 Å². The van der Waals surface area contributed by atoms with Crippen LogP contribution in [0.4, 0.5) is 17.5 Å². The number of amides is 1. The number of carboxylic acid groups (broad SMARTS) is 1. The fraction of sp³-hybridized carbons (Fsp3) is 0.426. The van der Waals surface area contributed by atoms with Crippen LogP contribution in [0.2, 0.25) is 0 Å². The van der Waals surface area contributed by atoms with Gasteiger partial charge in [-0.25, -0.2) is 34.7 Å². The molecule has 29 heteroatoms. The topological polar surface area (TPSA) is 362 Å². The zero-order valence-electron chi connectivity index (χ0n) is 51.4. The highest BCUT2D eigenvalue weighted by atomic mass is 35.5. The fourth-order valence-corrected chi connectivity index (χ4v) is 11.1. The predicted molar refractivity (Wildman–Crippen MR) is 337 cm³/mol. The minimum Gasteiger partial charge on any atom is -0.480 e. The van der Waals surface area contributed by atoms with Gasteiger partial charge in [-0.1, -0.05) is 6.92 Å². The van der Waals surface area contributed by atoms with Gasteiger partial charge in [-0.3, -0.25) is 14.5 Å². The summed E-state index contributed by atoms with van der Waals surface area (Å²) in [4.78, 5) is 64.7. The summed E-state index contributed by atoms with van der Waals surface area (Å²) in [5, 5.41) is 30.4. The number of methoxy groups -OCH3 is 2. The molecule has 0 saturated carbocycles. The number of nitrogens with two attached hydrogens (primary N) is 3. The number of rotatable bonds is 10. The standard InChI is InChI=1S/C21H22N6O4.C11H8ClN3O2.C11H9N3O3.C10H15N3O2.C8H19N.ClH/c1-11-7-30-10-18(15-3-4-19(29-2)26-25-15)27(11)21(28)16-5-12-13-8-31-9-14(13)20(22)24-17(12)6-23-16;12-10(16)8-1-5-6-3-17-4-7(6)11(13)15-9(5)2-14-8;12-10-7-4-17-3-6(7)5-1-8(11(15)16)13-2-9(5)14-10;1-7-5-15-6-9(11-7)8-3-4-10(14-2)13-12-8;1-6-9(7(2)3)8(4)5;/h3-6,11,18H,7-10H2,1-2H3,(H2,22,24);1-2H,3-4H2,(H2,13,15);1-2H,3-4H2,(H2,12,14)(H,15,16);3-4,7,9,11H,5-6H2,1-2H3;7-8H,6H2,1-5H3;1H/t11-,18-;;;7-,9-;;/m1..1../s1. The smallest absolute Gasteiger partial charge is 0.354 e. The van der Waals surface area contributed by atoms with E-state index in [4.69, 9.17) is 67.1 Å². The SMILES string of the molecule is CCN(C(C)C)C(C)C.COc1ccc([C@H]2COC[C@@H](C)N2)nn1.COc1ccc([C@H]2COC[C@@H](C)N2C(=O)c2cc3c4c(c(N)nc3cn2)COC4)nn1.Cl.Nc1nc2cnc(C(=O)Cl)cc2c2c1COC2.Nc1nc2cnc(C(=O)O)cc2c2c1COC2. The molecule has 0 bridgehead atoms. The number of aromatic carboxylic acids is 1. The van der Waals surface area contributed by atoms with Crippen molar-refractivity contribution in [2.75, 3.05) is 64.4 Å². The number of hydrogen-bond acceptors (Lipinski definition) is 25. The number of ether oxygens (including phenoxy) is 7. The largest absolute Gasteiger partial charge is 0.480 e. The number of nitrogens with zero attached hydrogens (tertiary/aromatic N) is 12. The molecule has 0 aliphatic carbocycles. The van der Waals surface area contributed by atoms with Crippen molar-refractivity contribution in [2.24, 2.45) is 0 Å². The molecule has 0 spiro atoms. The van der Waals surface area contributed by atoms with Crippen LogP contribution in [0.5, 0.6) is 11.8 Å². The van der Waals surface area contributed by atoms with Gasteiger partial charge in [-0.2, -0.15) is 5.10 Å². The predicted octanol–water partition coefficient (Wildman–Crippen LogP) is 7.29. The van der Waals surface area contributed by atoms with Crippen LogP contribution in [0.1, 0.15) is 137 Å². The summed E-state index contributed by atoms with van der Waals surface area (Å²) in [6, 6.07) is 13.5. The molecule has 478 valence electrons. The molecule has 4 atom stereocenters. The maximum atomic E-state index is 13.6. The summed E-state index contributed by atoms with van der Waals surface area (Å²) < 4.78 is 37.4. The first-order valence-electron chi connectivity index (χ1n) is 28.9. The van der Waals surface area contributed by atoms with Gasteiger partial charge in [-0.15, -0.1) is 27.7 Å². The Morgan fingerprint density at radius 3 is 1.47 bits per heavy atom. The van der Waals surface area contributed by atoms with Crippen molar-refractivity contribution >= 4 is 91.3 Å². The average molecular weight is 1280 g/mol. The maximum Gasteiger partial charge on any atom is 0.354 e. The highest BCUT2D eigenvalue weighted by Crippen LogP contribution is 2.35. The van der Waals surface area contributed by atoms with Crippen molar-refractivity contribution in [1.82, 2.24) is 65.4 Å². The van der Waals surface area contributed by atoms with Gasteiger partial charge in [0.2, 0.25) is 11.8 Å². The van der Waals surface area contributed by atoms with Gasteiger partial charge in [-0.05, 0) is 107 Å². The number of halogens is 2. The molecule has 2 saturated heterocycles. The molecule has 13 heterocycles. The maximum absolute atomic E-state index is 13.6. The van der Waals surface area contributed by atoms with E-state index in [0.29, 0.717) is 135 Å². The van der Waals surface area contributed by atoms with Crippen LogP contribution in [-0.2, 0) is 63.3 Å². The molecule has 27 nitrogen and oxygen atoms in total. The van der Waals surface area contributed by atoms with Gasteiger partial charge in [0.15, 0.2) is 0 Å².